The maximum absolute atomic E-state index is 12.5. The van der Waals surface area contributed by atoms with Gasteiger partial charge in [-0.25, -0.2) is 4.68 Å². The largest absolute Gasteiger partial charge is 0.352 e. The predicted octanol–water partition coefficient (Wildman–Crippen LogP) is 4.08. The Morgan fingerprint density at radius 1 is 1.06 bits per heavy atom. The molecule has 162 valence electrons. The Morgan fingerprint density at radius 2 is 1.84 bits per heavy atom. The molecule has 3 aromatic rings. The van der Waals surface area contributed by atoms with Crippen LogP contribution < -0.4 is 10.6 Å². The molecule has 1 saturated carbocycles. The first kappa shape index (κ1) is 21.0. The Hall–Kier alpha value is -3.22. The van der Waals surface area contributed by atoms with Gasteiger partial charge < -0.3 is 10.6 Å². The first-order valence-electron chi connectivity index (χ1n) is 11.1. The van der Waals surface area contributed by atoms with Crippen LogP contribution in [0.3, 0.4) is 0 Å². The highest BCUT2D eigenvalue weighted by Gasteiger charge is 2.16. The molecule has 7 heteroatoms. The molecule has 0 radical (unpaired) electrons. The Labute approximate surface area is 182 Å². The van der Waals surface area contributed by atoms with Crippen LogP contribution in [0, 0.1) is 12.8 Å². The van der Waals surface area contributed by atoms with E-state index in [1.165, 1.54) is 32.1 Å². The summed E-state index contributed by atoms with van der Waals surface area (Å²) in [6.45, 7) is 3.16. The fraction of sp³-hybridized carbons (Fsp3) is 0.417. The van der Waals surface area contributed by atoms with Gasteiger partial charge in [-0.3, -0.25) is 9.59 Å². The molecule has 0 atom stereocenters. The average Bonchev–Trinajstić information content (AvgIpc) is 3.20. The van der Waals surface area contributed by atoms with E-state index in [0.29, 0.717) is 23.5 Å². The number of carbonyl (C=O) groups is 2. The van der Waals surface area contributed by atoms with Gasteiger partial charge in [-0.15, -0.1) is 5.10 Å². The van der Waals surface area contributed by atoms with Crippen molar-refractivity contribution in [3.63, 3.8) is 0 Å². The summed E-state index contributed by atoms with van der Waals surface area (Å²) in [4.78, 5) is 24.8. The molecule has 0 saturated heterocycles. The number of benzene rings is 2. The summed E-state index contributed by atoms with van der Waals surface area (Å²) < 4.78 is 1.70. The van der Waals surface area contributed by atoms with Gasteiger partial charge in [-0.05, 0) is 56.0 Å². The van der Waals surface area contributed by atoms with Gasteiger partial charge in [0.1, 0.15) is 5.52 Å². The van der Waals surface area contributed by atoms with Crippen molar-refractivity contribution in [2.75, 3.05) is 11.9 Å². The van der Waals surface area contributed by atoms with E-state index in [1.807, 2.05) is 37.3 Å². The number of hydrogen-bond acceptors (Lipinski definition) is 4. The third-order valence-electron chi connectivity index (χ3n) is 5.94. The molecule has 0 unspecified atom stereocenters. The van der Waals surface area contributed by atoms with Gasteiger partial charge in [-0.1, -0.05) is 42.2 Å². The van der Waals surface area contributed by atoms with Gasteiger partial charge in [0.25, 0.3) is 5.91 Å². The molecule has 1 fully saturated rings. The van der Waals surface area contributed by atoms with Crippen molar-refractivity contribution in [2.24, 2.45) is 5.92 Å². The van der Waals surface area contributed by atoms with E-state index in [-0.39, 0.29) is 18.2 Å². The Kier molecular flexibility index (Phi) is 6.60. The molecule has 1 aliphatic carbocycles. The quantitative estimate of drug-likeness (QED) is 0.604. The lowest BCUT2D eigenvalue weighted by atomic mass is 9.89. The molecule has 31 heavy (non-hydrogen) atoms. The van der Waals surface area contributed by atoms with Crippen LogP contribution in [0.15, 0.2) is 42.5 Å². The number of aryl methyl sites for hydroxylation is 2. The van der Waals surface area contributed by atoms with Crippen molar-refractivity contribution in [1.82, 2.24) is 20.3 Å². The monoisotopic (exact) mass is 419 g/mol. The lowest BCUT2D eigenvalue weighted by Crippen LogP contribution is -2.30. The standard InChI is InChI=1S/C24H29N5O2/c1-17-7-10-20(11-8-17)26-23(30)13-14-29-22-12-9-19(15-21(22)27-28-29)24(31)25-16-18-5-3-2-4-6-18/h7-12,15,18H,2-6,13-14,16H2,1H3,(H,25,31)(H,26,30). The molecule has 2 amide bonds. The molecule has 1 aromatic heterocycles. The normalized spacial score (nSPS) is 14.5. The molecule has 0 aliphatic heterocycles. The zero-order valence-corrected chi connectivity index (χ0v) is 17.9. The maximum Gasteiger partial charge on any atom is 0.251 e. The first-order chi connectivity index (χ1) is 15.1. The van der Waals surface area contributed by atoms with Gasteiger partial charge in [0, 0.05) is 24.2 Å². The lowest BCUT2D eigenvalue weighted by molar-refractivity contribution is -0.116. The summed E-state index contributed by atoms with van der Waals surface area (Å²) in [7, 11) is 0. The highest BCUT2D eigenvalue weighted by atomic mass is 16.2. The number of nitrogens with zero attached hydrogens (tertiary/aromatic N) is 3. The number of nitrogens with one attached hydrogen (secondary N) is 2. The molecular weight excluding hydrogens is 390 g/mol. The zero-order chi connectivity index (χ0) is 21.6. The minimum Gasteiger partial charge on any atom is -0.352 e. The predicted molar refractivity (Wildman–Crippen MR) is 121 cm³/mol. The molecule has 0 spiro atoms. The second kappa shape index (κ2) is 9.73. The van der Waals surface area contributed by atoms with E-state index in [4.69, 9.17) is 0 Å². The molecule has 1 heterocycles. The van der Waals surface area contributed by atoms with Crippen molar-refractivity contribution in [3.8, 4) is 0 Å². The molecule has 0 bridgehead atoms. The third kappa shape index (κ3) is 5.48. The van der Waals surface area contributed by atoms with E-state index in [9.17, 15) is 9.59 Å². The second-order valence-electron chi connectivity index (χ2n) is 8.39. The second-order valence-corrected chi connectivity index (χ2v) is 8.39. The topological polar surface area (TPSA) is 88.9 Å². The summed E-state index contributed by atoms with van der Waals surface area (Å²) >= 11 is 0. The fourth-order valence-electron chi connectivity index (χ4n) is 4.08. The minimum absolute atomic E-state index is 0.0699. The first-order valence-corrected chi connectivity index (χ1v) is 11.1. The van der Waals surface area contributed by atoms with Crippen LogP contribution >= 0.6 is 0 Å². The molecule has 1 aliphatic rings. The van der Waals surface area contributed by atoms with Gasteiger partial charge in [0.05, 0.1) is 12.1 Å². The van der Waals surface area contributed by atoms with E-state index < -0.39 is 0 Å². The maximum atomic E-state index is 12.5. The molecular formula is C24H29N5O2. The minimum atomic E-state index is -0.0776. The van der Waals surface area contributed by atoms with Crippen molar-refractivity contribution in [2.45, 2.75) is 52.0 Å². The Bertz CT molecular complexity index is 1050. The Balaban J connectivity index is 1.33. The third-order valence-corrected chi connectivity index (χ3v) is 5.94. The lowest BCUT2D eigenvalue weighted by Gasteiger charge is -2.21. The van der Waals surface area contributed by atoms with Crippen LogP contribution in [0.2, 0.25) is 0 Å². The average molecular weight is 420 g/mol. The summed E-state index contributed by atoms with van der Waals surface area (Å²) in [5.41, 5.74) is 3.99. The van der Waals surface area contributed by atoms with E-state index in [1.54, 1.807) is 16.8 Å². The van der Waals surface area contributed by atoms with Crippen LogP contribution in [0.25, 0.3) is 11.0 Å². The molecule has 2 N–H and O–H groups in total. The fourth-order valence-corrected chi connectivity index (χ4v) is 4.08. The number of hydrogen-bond donors (Lipinski definition) is 2. The number of rotatable bonds is 7. The SMILES string of the molecule is Cc1ccc(NC(=O)CCn2nnc3cc(C(=O)NCC4CCCCC4)ccc32)cc1. The van der Waals surface area contributed by atoms with Gasteiger partial charge in [0.2, 0.25) is 5.91 Å². The number of fused-ring (bicyclic) bond motifs is 1. The summed E-state index contributed by atoms with van der Waals surface area (Å²) in [5.74, 6) is 0.444. The highest BCUT2D eigenvalue weighted by Crippen LogP contribution is 2.23. The zero-order valence-electron chi connectivity index (χ0n) is 17.9. The van der Waals surface area contributed by atoms with Crippen molar-refractivity contribution in [3.05, 3.63) is 53.6 Å². The van der Waals surface area contributed by atoms with Crippen molar-refractivity contribution < 1.29 is 9.59 Å². The van der Waals surface area contributed by atoms with E-state index in [2.05, 4.69) is 20.9 Å². The van der Waals surface area contributed by atoms with Crippen LogP contribution in [0.5, 0.6) is 0 Å². The van der Waals surface area contributed by atoms with Crippen LogP contribution in [-0.2, 0) is 11.3 Å². The van der Waals surface area contributed by atoms with Gasteiger partial charge in [-0.2, -0.15) is 0 Å². The van der Waals surface area contributed by atoms with Crippen molar-refractivity contribution >= 4 is 28.5 Å². The van der Waals surface area contributed by atoms with Crippen LogP contribution in [0.4, 0.5) is 5.69 Å². The number of carbonyl (C=O) groups excluding carboxylic acids is 2. The van der Waals surface area contributed by atoms with E-state index >= 15 is 0 Å². The summed E-state index contributed by atoms with van der Waals surface area (Å²) in [6, 6.07) is 13.1. The summed E-state index contributed by atoms with van der Waals surface area (Å²) in [5, 5.41) is 14.3. The Morgan fingerprint density at radius 3 is 2.61 bits per heavy atom. The molecule has 2 aromatic carbocycles. The smallest absolute Gasteiger partial charge is 0.251 e. The van der Waals surface area contributed by atoms with E-state index in [0.717, 1.165) is 23.3 Å². The highest BCUT2D eigenvalue weighted by molar-refractivity contribution is 5.97. The summed E-state index contributed by atoms with van der Waals surface area (Å²) in [6.07, 6.45) is 6.52. The molecule has 4 rings (SSSR count). The van der Waals surface area contributed by atoms with Gasteiger partial charge >= 0.3 is 0 Å². The number of anilines is 1. The number of aromatic nitrogens is 3. The van der Waals surface area contributed by atoms with Crippen molar-refractivity contribution in [1.29, 1.82) is 0 Å². The molecule has 7 nitrogen and oxygen atoms in total. The van der Waals surface area contributed by atoms with Crippen LogP contribution in [-0.4, -0.2) is 33.4 Å². The van der Waals surface area contributed by atoms with Gasteiger partial charge in [0.15, 0.2) is 0 Å². The number of amides is 2. The van der Waals surface area contributed by atoms with Crippen LogP contribution in [0.1, 0.15) is 54.4 Å².